The number of rotatable bonds is 4. The van der Waals surface area contributed by atoms with Gasteiger partial charge in [0.25, 0.3) is 0 Å². The van der Waals surface area contributed by atoms with Crippen LogP contribution in [-0.2, 0) is 6.54 Å². The first-order valence-electron chi connectivity index (χ1n) is 5.28. The normalized spacial score (nSPS) is 9.88. The number of nitrogens with two attached hydrogens (primary N) is 1. The minimum Gasteiger partial charge on any atom is -0.380 e. The number of carbonyl (C=O) groups excluding carboxylic acids is 1. The Balaban J connectivity index is 1.98. The highest BCUT2D eigenvalue weighted by Gasteiger charge is 1.99. The lowest BCUT2D eigenvalue weighted by Gasteiger charge is -2.06. The zero-order valence-corrected chi connectivity index (χ0v) is 9.26. The number of amides is 1. The van der Waals surface area contributed by atoms with Crippen molar-refractivity contribution in [1.82, 2.24) is 4.98 Å². The van der Waals surface area contributed by atoms with Crippen molar-refractivity contribution in [2.45, 2.75) is 6.54 Å². The second kappa shape index (κ2) is 5.12. The maximum absolute atomic E-state index is 10.9. The van der Waals surface area contributed by atoms with Crippen LogP contribution in [0.25, 0.3) is 0 Å². The molecule has 1 aromatic carbocycles. The Morgan fingerprint density at radius 2 is 2.00 bits per heavy atom. The van der Waals surface area contributed by atoms with Crippen LogP contribution >= 0.6 is 0 Å². The number of hydrogen-bond donors (Lipinski definition) is 2. The fourth-order valence-electron chi connectivity index (χ4n) is 1.46. The molecule has 2 aromatic rings. The van der Waals surface area contributed by atoms with E-state index < -0.39 is 5.91 Å². The minimum atomic E-state index is -0.406. The molecule has 0 bridgehead atoms. The van der Waals surface area contributed by atoms with E-state index in [-0.39, 0.29) is 0 Å². The highest BCUT2D eigenvalue weighted by Crippen LogP contribution is 2.08. The topological polar surface area (TPSA) is 68.0 Å². The molecule has 4 heteroatoms. The van der Waals surface area contributed by atoms with Gasteiger partial charge in [0, 0.05) is 24.5 Å². The zero-order valence-electron chi connectivity index (χ0n) is 9.26. The summed E-state index contributed by atoms with van der Waals surface area (Å²) in [5.41, 5.74) is 7.74. The molecule has 1 aromatic heterocycles. The van der Waals surface area contributed by atoms with Gasteiger partial charge in [-0.25, -0.2) is 0 Å². The van der Waals surface area contributed by atoms with Crippen LogP contribution in [0.5, 0.6) is 0 Å². The summed E-state index contributed by atoms with van der Waals surface area (Å²) in [5, 5.41) is 3.23. The van der Waals surface area contributed by atoms with Crippen LogP contribution in [0.3, 0.4) is 0 Å². The summed E-state index contributed by atoms with van der Waals surface area (Å²) in [7, 11) is 0. The largest absolute Gasteiger partial charge is 0.380 e. The number of hydrogen-bond acceptors (Lipinski definition) is 3. The van der Waals surface area contributed by atoms with E-state index in [1.54, 1.807) is 24.5 Å². The van der Waals surface area contributed by atoms with E-state index in [1.807, 2.05) is 24.3 Å². The van der Waals surface area contributed by atoms with Crippen LogP contribution in [0.1, 0.15) is 15.9 Å². The van der Waals surface area contributed by atoms with E-state index >= 15 is 0 Å². The molecule has 0 aliphatic carbocycles. The average molecular weight is 227 g/mol. The van der Waals surface area contributed by atoms with E-state index in [0.29, 0.717) is 12.1 Å². The fourth-order valence-corrected chi connectivity index (χ4v) is 1.46. The highest BCUT2D eigenvalue weighted by molar-refractivity contribution is 5.92. The third kappa shape index (κ3) is 3.04. The average Bonchev–Trinajstić information content (AvgIpc) is 2.38. The van der Waals surface area contributed by atoms with Crippen molar-refractivity contribution < 1.29 is 4.79 Å². The molecule has 2 rings (SSSR count). The van der Waals surface area contributed by atoms with Gasteiger partial charge in [-0.3, -0.25) is 9.78 Å². The maximum Gasteiger partial charge on any atom is 0.248 e. The summed E-state index contributed by atoms with van der Waals surface area (Å²) < 4.78 is 0. The molecule has 3 N–H and O–H groups in total. The summed E-state index contributed by atoms with van der Waals surface area (Å²) in [6, 6.07) is 11.0. The van der Waals surface area contributed by atoms with E-state index in [2.05, 4.69) is 10.3 Å². The first-order valence-corrected chi connectivity index (χ1v) is 5.28. The van der Waals surface area contributed by atoms with Gasteiger partial charge in [0.2, 0.25) is 5.91 Å². The first-order chi connectivity index (χ1) is 8.25. The molecule has 0 aliphatic rings. The molecule has 0 spiro atoms. The second-order valence-corrected chi connectivity index (χ2v) is 3.66. The van der Waals surface area contributed by atoms with Gasteiger partial charge in [0.05, 0.1) is 5.69 Å². The van der Waals surface area contributed by atoms with Gasteiger partial charge < -0.3 is 11.1 Å². The van der Waals surface area contributed by atoms with Crippen molar-refractivity contribution in [1.29, 1.82) is 0 Å². The van der Waals surface area contributed by atoms with Crippen LogP contribution in [-0.4, -0.2) is 10.9 Å². The molecule has 0 atom stereocenters. The number of anilines is 1. The Morgan fingerprint density at radius 3 is 2.59 bits per heavy atom. The number of primary amides is 1. The van der Waals surface area contributed by atoms with Crippen molar-refractivity contribution in [3.8, 4) is 0 Å². The Labute approximate surface area is 99.5 Å². The van der Waals surface area contributed by atoms with E-state index in [0.717, 1.165) is 11.3 Å². The van der Waals surface area contributed by atoms with E-state index in [1.165, 1.54) is 0 Å². The van der Waals surface area contributed by atoms with Gasteiger partial charge in [-0.15, -0.1) is 0 Å². The molecule has 0 saturated carbocycles. The van der Waals surface area contributed by atoms with Gasteiger partial charge in [0.15, 0.2) is 0 Å². The van der Waals surface area contributed by atoms with Gasteiger partial charge >= 0.3 is 0 Å². The minimum absolute atomic E-state index is 0.406. The molecular weight excluding hydrogens is 214 g/mol. The van der Waals surface area contributed by atoms with Crippen molar-refractivity contribution in [3.63, 3.8) is 0 Å². The molecule has 1 amide bonds. The summed E-state index contributed by atoms with van der Waals surface area (Å²) in [6.07, 6.45) is 3.49. The number of benzene rings is 1. The van der Waals surface area contributed by atoms with E-state index in [9.17, 15) is 4.79 Å². The Hall–Kier alpha value is -2.36. The molecule has 0 aliphatic heterocycles. The van der Waals surface area contributed by atoms with Crippen LogP contribution in [0.4, 0.5) is 5.69 Å². The van der Waals surface area contributed by atoms with Gasteiger partial charge in [-0.05, 0) is 29.8 Å². The summed E-state index contributed by atoms with van der Waals surface area (Å²) >= 11 is 0. The van der Waals surface area contributed by atoms with Crippen molar-refractivity contribution in [2.24, 2.45) is 5.73 Å². The maximum atomic E-state index is 10.9. The molecule has 0 fully saturated rings. The second-order valence-electron chi connectivity index (χ2n) is 3.66. The predicted molar refractivity (Wildman–Crippen MR) is 66.5 cm³/mol. The van der Waals surface area contributed by atoms with Gasteiger partial charge in [-0.2, -0.15) is 0 Å². The van der Waals surface area contributed by atoms with Crippen LogP contribution in [0.2, 0.25) is 0 Å². The van der Waals surface area contributed by atoms with Crippen molar-refractivity contribution in [3.05, 3.63) is 59.9 Å². The molecule has 1 heterocycles. The fraction of sp³-hybridized carbons (Fsp3) is 0.0769. The summed E-state index contributed by atoms with van der Waals surface area (Å²) in [5.74, 6) is -0.406. The van der Waals surface area contributed by atoms with Crippen LogP contribution in [0.15, 0.2) is 48.8 Å². The quantitative estimate of drug-likeness (QED) is 0.836. The van der Waals surface area contributed by atoms with Gasteiger partial charge in [-0.1, -0.05) is 12.1 Å². The summed E-state index contributed by atoms with van der Waals surface area (Å²) in [6.45, 7) is 0.685. The lowest BCUT2D eigenvalue weighted by molar-refractivity contribution is 0.100. The SMILES string of the molecule is NC(=O)c1ccc(CNc2cccnc2)cc1. The van der Waals surface area contributed by atoms with Gasteiger partial charge in [0.1, 0.15) is 0 Å². The molecular formula is C13H13N3O. The molecule has 86 valence electrons. The predicted octanol–water partition coefficient (Wildman–Crippen LogP) is 1.79. The number of carbonyl (C=O) groups is 1. The molecule has 0 saturated heterocycles. The number of nitrogens with one attached hydrogen (secondary N) is 1. The zero-order chi connectivity index (χ0) is 12.1. The monoisotopic (exact) mass is 227 g/mol. The van der Waals surface area contributed by atoms with Crippen molar-refractivity contribution >= 4 is 11.6 Å². The first kappa shape index (κ1) is 11.1. The Morgan fingerprint density at radius 1 is 1.24 bits per heavy atom. The molecule has 17 heavy (non-hydrogen) atoms. The highest BCUT2D eigenvalue weighted by atomic mass is 16.1. The number of nitrogens with zero attached hydrogens (tertiary/aromatic N) is 1. The van der Waals surface area contributed by atoms with Crippen LogP contribution < -0.4 is 11.1 Å². The third-order valence-electron chi connectivity index (χ3n) is 2.40. The Bertz CT molecular complexity index is 494. The van der Waals surface area contributed by atoms with E-state index in [4.69, 9.17) is 5.73 Å². The number of pyridine rings is 1. The molecule has 0 radical (unpaired) electrons. The Kier molecular flexibility index (Phi) is 3.35. The smallest absolute Gasteiger partial charge is 0.248 e. The molecule has 0 unspecified atom stereocenters. The third-order valence-corrected chi connectivity index (χ3v) is 2.40. The number of aromatic nitrogens is 1. The lowest BCUT2D eigenvalue weighted by atomic mass is 10.1. The lowest BCUT2D eigenvalue weighted by Crippen LogP contribution is -2.10. The standard InChI is InChI=1S/C13H13N3O/c14-13(17)11-5-3-10(4-6-11)8-16-12-2-1-7-15-9-12/h1-7,9,16H,8H2,(H2,14,17). The van der Waals surface area contributed by atoms with Crippen LogP contribution in [0, 0.1) is 0 Å². The molecule has 4 nitrogen and oxygen atoms in total. The summed E-state index contributed by atoms with van der Waals surface area (Å²) in [4.78, 5) is 14.9. The van der Waals surface area contributed by atoms with Crippen molar-refractivity contribution in [2.75, 3.05) is 5.32 Å².